The van der Waals surface area contributed by atoms with E-state index in [2.05, 4.69) is 9.97 Å². The van der Waals surface area contributed by atoms with E-state index in [4.69, 9.17) is 4.42 Å². The summed E-state index contributed by atoms with van der Waals surface area (Å²) in [7, 11) is 0. The molecule has 1 aliphatic heterocycles. The Kier molecular flexibility index (Phi) is 2.52. The van der Waals surface area contributed by atoms with Gasteiger partial charge in [-0.25, -0.2) is 4.98 Å². The number of hydrogen-bond acceptors (Lipinski definition) is 3. The van der Waals surface area contributed by atoms with E-state index in [1.54, 1.807) is 6.26 Å². The molecule has 22 heavy (non-hydrogen) atoms. The third-order valence-electron chi connectivity index (χ3n) is 4.41. The molecule has 3 heterocycles. The van der Waals surface area contributed by atoms with Crippen LogP contribution in [0.25, 0.3) is 22.6 Å². The van der Waals surface area contributed by atoms with Crippen LogP contribution in [0.1, 0.15) is 26.3 Å². The van der Waals surface area contributed by atoms with Crippen LogP contribution in [0.15, 0.2) is 34.9 Å². The number of nitrogens with zero attached hydrogens (tertiary/aromatic N) is 2. The number of carbonyl (C=O) groups is 1. The molecule has 0 unspecified atom stereocenters. The lowest BCUT2D eigenvalue weighted by Crippen LogP contribution is -2.35. The number of nitrogens with one attached hydrogen (secondary N) is 1. The molecule has 112 valence electrons. The van der Waals surface area contributed by atoms with Gasteiger partial charge < -0.3 is 14.3 Å². The van der Waals surface area contributed by atoms with Gasteiger partial charge in [0.1, 0.15) is 0 Å². The van der Waals surface area contributed by atoms with Crippen molar-refractivity contribution in [1.82, 2.24) is 9.97 Å². The number of aromatic amines is 1. The van der Waals surface area contributed by atoms with E-state index in [1.165, 1.54) is 0 Å². The molecular weight excluding hydrogens is 278 g/mol. The van der Waals surface area contributed by atoms with Gasteiger partial charge in [0.05, 0.1) is 28.4 Å². The topological polar surface area (TPSA) is 62.1 Å². The molecule has 1 N–H and O–H groups in total. The number of amides is 1. The quantitative estimate of drug-likeness (QED) is 0.787. The highest BCUT2D eigenvalue weighted by Crippen LogP contribution is 2.43. The first-order valence-electron chi connectivity index (χ1n) is 7.42. The highest BCUT2D eigenvalue weighted by Gasteiger charge is 2.43. The van der Waals surface area contributed by atoms with E-state index in [0.717, 1.165) is 22.3 Å². The number of benzene rings is 1. The van der Waals surface area contributed by atoms with Crippen molar-refractivity contribution in [2.24, 2.45) is 0 Å². The van der Waals surface area contributed by atoms with Gasteiger partial charge in [-0.05, 0) is 50.6 Å². The van der Waals surface area contributed by atoms with Gasteiger partial charge in [-0.15, -0.1) is 0 Å². The molecule has 0 spiro atoms. The summed E-state index contributed by atoms with van der Waals surface area (Å²) in [5.41, 5.74) is 3.26. The summed E-state index contributed by atoms with van der Waals surface area (Å²) in [5.74, 6) is 1.55. The number of hydrogen-bond donors (Lipinski definition) is 1. The fourth-order valence-corrected chi connectivity index (χ4v) is 3.18. The summed E-state index contributed by atoms with van der Waals surface area (Å²) in [6, 6.07) is 7.74. The molecule has 1 aromatic carbocycles. The second-order valence-corrected chi connectivity index (χ2v) is 6.12. The van der Waals surface area contributed by atoms with Crippen LogP contribution in [0.4, 0.5) is 5.69 Å². The first-order chi connectivity index (χ1) is 10.5. The molecule has 1 amide bonds. The normalized spacial score (nSPS) is 16.5. The molecule has 0 fully saturated rings. The summed E-state index contributed by atoms with van der Waals surface area (Å²) in [5, 5.41) is 0. The lowest BCUT2D eigenvalue weighted by molar-refractivity contribution is -0.122. The maximum Gasteiger partial charge on any atom is 0.237 e. The first-order valence-corrected chi connectivity index (χ1v) is 7.42. The molecule has 5 heteroatoms. The van der Waals surface area contributed by atoms with Gasteiger partial charge in [0.2, 0.25) is 5.91 Å². The number of fused-ring (bicyclic) bond motifs is 2. The minimum absolute atomic E-state index is 0.143. The lowest BCUT2D eigenvalue weighted by atomic mass is 9.86. The predicted octanol–water partition coefficient (Wildman–Crippen LogP) is 3.47. The average molecular weight is 295 g/mol. The molecule has 0 atom stereocenters. The molecule has 0 saturated carbocycles. The largest absolute Gasteiger partial charge is 0.461 e. The van der Waals surface area contributed by atoms with Gasteiger partial charge in [-0.3, -0.25) is 4.79 Å². The third kappa shape index (κ3) is 1.59. The van der Waals surface area contributed by atoms with Gasteiger partial charge in [-0.1, -0.05) is 0 Å². The number of carbonyl (C=O) groups excluding carboxylic acids is 1. The van der Waals surface area contributed by atoms with Crippen molar-refractivity contribution >= 4 is 22.6 Å². The van der Waals surface area contributed by atoms with Gasteiger partial charge >= 0.3 is 0 Å². The van der Waals surface area contributed by atoms with Crippen LogP contribution in [-0.4, -0.2) is 22.4 Å². The fourth-order valence-electron chi connectivity index (χ4n) is 3.18. The number of likely N-dealkylation sites (N-methyl/N-ethyl adjacent to an activating group) is 1. The van der Waals surface area contributed by atoms with Crippen LogP contribution in [0.3, 0.4) is 0 Å². The van der Waals surface area contributed by atoms with E-state index < -0.39 is 5.41 Å². The Morgan fingerprint density at radius 3 is 2.86 bits per heavy atom. The van der Waals surface area contributed by atoms with Gasteiger partial charge in [0.15, 0.2) is 11.6 Å². The van der Waals surface area contributed by atoms with Crippen molar-refractivity contribution in [3.05, 3.63) is 36.1 Å². The Morgan fingerprint density at radius 1 is 1.36 bits per heavy atom. The molecule has 0 bridgehead atoms. The van der Waals surface area contributed by atoms with E-state index in [-0.39, 0.29) is 5.91 Å². The van der Waals surface area contributed by atoms with Crippen LogP contribution in [-0.2, 0) is 10.2 Å². The number of anilines is 1. The van der Waals surface area contributed by atoms with Gasteiger partial charge in [0.25, 0.3) is 0 Å². The molecule has 0 saturated heterocycles. The molecule has 5 nitrogen and oxygen atoms in total. The molecule has 2 aromatic heterocycles. The molecule has 0 radical (unpaired) electrons. The molecular formula is C17H17N3O2. The summed E-state index contributed by atoms with van der Waals surface area (Å²) in [6.07, 6.45) is 1.63. The summed E-state index contributed by atoms with van der Waals surface area (Å²) >= 11 is 0. The van der Waals surface area contributed by atoms with Gasteiger partial charge in [-0.2, -0.15) is 0 Å². The molecule has 1 aliphatic rings. The van der Waals surface area contributed by atoms with E-state index in [0.29, 0.717) is 18.1 Å². The zero-order valence-electron chi connectivity index (χ0n) is 12.8. The van der Waals surface area contributed by atoms with Crippen LogP contribution in [0, 0.1) is 0 Å². The highest BCUT2D eigenvalue weighted by atomic mass is 16.3. The Balaban J connectivity index is 1.94. The van der Waals surface area contributed by atoms with Crippen LogP contribution < -0.4 is 4.90 Å². The maximum absolute atomic E-state index is 12.5. The van der Waals surface area contributed by atoms with Gasteiger partial charge in [0, 0.05) is 6.54 Å². The Hall–Kier alpha value is -2.56. The van der Waals surface area contributed by atoms with E-state index in [1.807, 2.05) is 49.9 Å². The Morgan fingerprint density at radius 2 is 2.18 bits per heavy atom. The predicted molar refractivity (Wildman–Crippen MR) is 84.8 cm³/mol. The molecule has 3 aromatic rings. The zero-order chi connectivity index (χ0) is 15.5. The van der Waals surface area contributed by atoms with Crippen molar-refractivity contribution in [3.8, 4) is 11.6 Å². The van der Waals surface area contributed by atoms with Crippen LogP contribution in [0.2, 0.25) is 0 Å². The monoisotopic (exact) mass is 295 g/mol. The van der Waals surface area contributed by atoms with E-state index >= 15 is 0 Å². The fraction of sp³-hybridized carbons (Fsp3) is 0.294. The number of aromatic nitrogens is 2. The second kappa shape index (κ2) is 4.22. The maximum atomic E-state index is 12.5. The van der Waals surface area contributed by atoms with Crippen LogP contribution >= 0.6 is 0 Å². The standard InChI is InChI=1S/C17H17N3O2/c1-4-20-13-9-12-11(8-10(13)17(2,3)16(20)21)18-15(19-12)14-6-5-7-22-14/h5-9H,4H2,1-3H3,(H,18,19). The third-order valence-corrected chi connectivity index (χ3v) is 4.41. The lowest BCUT2D eigenvalue weighted by Gasteiger charge is -2.18. The Bertz CT molecular complexity index is 875. The number of furan rings is 1. The number of H-pyrrole nitrogens is 1. The Labute approximate surface area is 127 Å². The van der Waals surface area contributed by atoms with Crippen molar-refractivity contribution in [2.45, 2.75) is 26.2 Å². The van der Waals surface area contributed by atoms with Crippen molar-refractivity contribution in [2.75, 3.05) is 11.4 Å². The minimum atomic E-state index is -0.511. The minimum Gasteiger partial charge on any atom is -0.461 e. The highest BCUT2D eigenvalue weighted by molar-refractivity contribution is 6.09. The van der Waals surface area contributed by atoms with Crippen LogP contribution in [0.5, 0.6) is 0 Å². The zero-order valence-corrected chi connectivity index (χ0v) is 12.8. The summed E-state index contributed by atoms with van der Waals surface area (Å²) < 4.78 is 5.39. The average Bonchev–Trinajstić information content (AvgIpc) is 3.18. The molecule has 4 rings (SSSR count). The van der Waals surface area contributed by atoms with Crippen molar-refractivity contribution in [3.63, 3.8) is 0 Å². The SMILES string of the molecule is CCN1C(=O)C(C)(C)c2cc3nc(-c4ccco4)[nH]c3cc21. The second-order valence-electron chi connectivity index (χ2n) is 6.12. The van der Waals surface area contributed by atoms with E-state index in [9.17, 15) is 4.79 Å². The number of imidazole rings is 1. The smallest absolute Gasteiger partial charge is 0.237 e. The van der Waals surface area contributed by atoms with Crippen molar-refractivity contribution in [1.29, 1.82) is 0 Å². The van der Waals surface area contributed by atoms with Crippen molar-refractivity contribution < 1.29 is 9.21 Å². The first kappa shape index (κ1) is 13.1. The number of rotatable bonds is 2. The summed E-state index contributed by atoms with van der Waals surface area (Å²) in [4.78, 5) is 22.3. The molecule has 0 aliphatic carbocycles. The summed E-state index contributed by atoms with van der Waals surface area (Å²) in [6.45, 7) is 6.60.